The number of nitrogens with one attached hydrogen (secondary N) is 1. The molecule has 2 rings (SSSR count). The Morgan fingerprint density at radius 2 is 1.77 bits per heavy atom. The van der Waals surface area contributed by atoms with Gasteiger partial charge in [0.15, 0.2) is 18.1 Å². The molecule has 3 N–H and O–H groups in total. The summed E-state index contributed by atoms with van der Waals surface area (Å²) in [5.41, 5.74) is 7.47. The molecule has 0 heterocycles. The molecule has 0 fully saturated rings. The quantitative estimate of drug-likeness (QED) is 0.710. The summed E-state index contributed by atoms with van der Waals surface area (Å²) in [5.74, 6) is -0.160. The number of carbonyl (C=O) groups excluding carboxylic acids is 2. The Morgan fingerprint density at radius 3 is 2.42 bits per heavy atom. The number of amides is 2. The van der Waals surface area contributed by atoms with E-state index in [2.05, 4.69) is 5.32 Å². The normalized spacial score (nSPS) is 10.2. The molecule has 0 aliphatic carbocycles. The largest absolute Gasteiger partial charge is 0.493 e. The van der Waals surface area contributed by atoms with Crippen molar-refractivity contribution >= 4 is 11.8 Å². The van der Waals surface area contributed by atoms with Gasteiger partial charge in [-0.3, -0.25) is 9.59 Å². The molecular formula is C19H22N2O5. The van der Waals surface area contributed by atoms with Gasteiger partial charge in [-0.25, -0.2) is 0 Å². The molecule has 0 spiro atoms. The molecule has 0 atom stereocenters. The molecule has 138 valence electrons. The molecule has 26 heavy (non-hydrogen) atoms. The number of primary amides is 1. The second-order valence-corrected chi connectivity index (χ2v) is 5.51. The summed E-state index contributed by atoms with van der Waals surface area (Å²) in [7, 11) is 3.08. The molecule has 0 aliphatic heterocycles. The number of rotatable bonds is 9. The SMILES string of the molecule is COCc1ccccc1CNC(=O)c1ccc(OCC(N)=O)c(OC)c1. The highest BCUT2D eigenvalue weighted by Crippen LogP contribution is 2.28. The highest BCUT2D eigenvalue weighted by Gasteiger charge is 2.12. The monoisotopic (exact) mass is 358 g/mol. The van der Waals surface area contributed by atoms with E-state index in [1.807, 2.05) is 24.3 Å². The van der Waals surface area contributed by atoms with Gasteiger partial charge in [-0.05, 0) is 29.3 Å². The van der Waals surface area contributed by atoms with Crippen LogP contribution in [0.1, 0.15) is 21.5 Å². The Hall–Kier alpha value is -3.06. The van der Waals surface area contributed by atoms with Crippen LogP contribution in [0.5, 0.6) is 11.5 Å². The third kappa shape index (κ3) is 5.22. The van der Waals surface area contributed by atoms with Gasteiger partial charge < -0.3 is 25.3 Å². The predicted molar refractivity (Wildman–Crippen MR) is 96.0 cm³/mol. The van der Waals surface area contributed by atoms with Gasteiger partial charge in [0.2, 0.25) is 0 Å². The zero-order valence-corrected chi connectivity index (χ0v) is 14.8. The summed E-state index contributed by atoms with van der Waals surface area (Å²) in [6.45, 7) is 0.588. The van der Waals surface area contributed by atoms with Crippen LogP contribution in [-0.2, 0) is 22.7 Å². The van der Waals surface area contributed by atoms with Crippen molar-refractivity contribution in [3.8, 4) is 11.5 Å². The highest BCUT2D eigenvalue weighted by atomic mass is 16.5. The number of carbonyl (C=O) groups is 2. The Labute approximate surface area is 152 Å². The summed E-state index contributed by atoms with van der Waals surface area (Å²) in [4.78, 5) is 23.2. The fraction of sp³-hybridized carbons (Fsp3) is 0.263. The molecule has 2 aromatic rings. The zero-order chi connectivity index (χ0) is 18.9. The van der Waals surface area contributed by atoms with E-state index >= 15 is 0 Å². The molecule has 2 amide bonds. The summed E-state index contributed by atoms with van der Waals surface area (Å²) in [6, 6.07) is 12.4. The van der Waals surface area contributed by atoms with Gasteiger partial charge in [0, 0.05) is 19.2 Å². The summed E-state index contributed by atoms with van der Waals surface area (Å²) >= 11 is 0. The molecule has 2 aromatic carbocycles. The summed E-state index contributed by atoms with van der Waals surface area (Å²) in [5, 5.41) is 2.87. The van der Waals surface area contributed by atoms with Gasteiger partial charge in [0.05, 0.1) is 13.7 Å². The maximum Gasteiger partial charge on any atom is 0.255 e. The van der Waals surface area contributed by atoms with Crippen molar-refractivity contribution < 1.29 is 23.8 Å². The maximum atomic E-state index is 12.4. The molecule has 0 unspecified atom stereocenters. The Morgan fingerprint density at radius 1 is 1.04 bits per heavy atom. The van der Waals surface area contributed by atoms with Crippen molar-refractivity contribution in [1.82, 2.24) is 5.32 Å². The van der Waals surface area contributed by atoms with Gasteiger partial charge >= 0.3 is 0 Å². The summed E-state index contributed by atoms with van der Waals surface area (Å²) < 4.78 is 15.6. The number of methoxy groups -OCH3 is 2. The fourth-order valence-electron chi connectivity index (χ4n) is 2.38. The number of nitrogens with two attached hydrogens (primary N) is 1. The topological polar surface area (TPSA) is 99.9 Å². The highest BCUT2D eigenvalue weighted by molar-refractivity contribution is 5.94. The lowest BCUT2D eigenvalue weighted by Crippen LogP contribution is -2.23. The summed E-state index contributed by atoms with van der Waals surface area (Å²) in [6.07, 6.45) is 0. The molecular weight excluding hydrogens is 336 g/mol. The van der Waals surface area contributed by atoms with Crippen LogP contribution in [0.25, 0.3) is 0 Å². The first kappa shape index (κ1) is 19.3. The molecule has 7 nitrogen and oxygen atoms in total. The third-order valence-corrected chi connectivity index (χ3v) is 3.65. The number of benzene rings is 2. The molecule has 0 aliphatic rings. The van der Waals surface area contributed by atoms with E-state index in [4.69, 9.17) is 19.9 Å². The minimum Gasteiger partial charge on any atom is -0.493 e. The van der Waals surface area contributed by atoms with Crippen LogP contribution < -0.4 is 20.5 Å². The smallest absolute Gasteiger partial charge is 0.255 e. The first-order valence-corrected chi connectivity index (χ1v) is 7.98. The van der Waals surface area contributed by atoms with E-state index in [0.717, 1.165) is 11.1 Å². The van der Waals surface area contributed by atoms with Crippen LogP contribution in [-0.4, -0.2) is 32.6 Å². The molecule has 7 heteroatoms. The van der Waals surface area contributed by atoms with Crippen molar-refractivity contribution in [2.75, 3.05) is 20.8 Å². The van der Waals surface area contributed by atoms with Crippen LogP contribution in [0.3, 0.4) is 0 Å². The van der Waals surface area contributed by atoms with Gasteiger partial charge in [-0.1, -0.05) is 24.3 Å². The number of hydrogen-bond acceptors (Lipinski definition) is 5. The van der Waals surface area contributed by atoms with E-state index < -0.39 is 5.91 Å². The third-order valence-electron chi connectivity index (χ3n) is 3.65. The lowest BCUT2D eigenvalue weighted by Gasteiger charge is -2.12. The van der Waals surface area contributed by atoms with Crippen molar-refractivity contribution in [1.29, 1.82) is 0 Å². The molecule has 0 radical (unpaired) electrons. The predicted octanol–water partition coefficient (Wildman–Crippen LogP) is 1.64. The van der Waals surface area contributed by atoms with Crippen LogP contribution in [0.2, 0.25) is 0 Å². The van der Waals surface area contributed by atoms with Crippen LogP contribution in [0, 0.1) is 0 Å². The van der Waals surface area contributed by atoms with Crippen molar-refractivity contribution in [2.24, 2.45) is 5.73 Å². The van der Waals surface area contributed by atoms with Crippen LogP contribution in [0.4, 0.5) is 0 Å². The standard InChI is InChI=1S/C19H22N2O5/c1-24-11-15-6-4-3-5-14(15)10-21-19(23)13-7-8-16(17(9-13)25-2)26-12-18(20)22/h3-9H,10-12H2,1-2H3,(H2,20,22)(H,21,23). The van der Waals surface area contributed by atoms with Gasteiger partial charge in [-0.15, -0.1) is 0 Å². The van der Waals surface area contributed by atoms with E-state index in [-0.39, 0.29) is 12.5 Å². The van der Waals surface area contributed by atoms with Crippen LogP contribution in [0.15, 0.2) is 42.5 Å². The van der Waals surface area contributed by atoms with Crippen molar-refractivity contribution in [2.45, 2.75) is 13.2 Å². The second kappa shape index (κ2) is 9.43. The second-order valence-electron chi connectivity index (χ2n) is 5.51. The lowest BCUT2D eigenvalue weighted by molar-refractivity contribution is -0.119. The van der Waals surface area contributed by atoms with E-state index in [1.54, 1.807) is 25.3 Å². The van der Waals surface area contributed by atoms with Crippen molar-refractivity contribution in [3.63, 3.8) is 0 Å². The van der Waals surface area contributed by atoms with Crippen LogP contribution >= 0.6 is 0 Å². The van der Waals surface area contributed by atoms with E-state index in [1.165, 1.54) is 7.11 Å². The molecule has 0 saturated heterocycles. The number of hydrogen-bond donors (Lipinski definition) is 2. The molecule has 0 aromatic heterocycles. The minimum absolute atomic E-state index is 0.253. The minimum atomic E-state index is -0.594. The Kier molecular flexibility index (Phi) is 6.99. The fourth-order valence-corrected chi connectivity index (χ4v) is 2.38. The van der Waals surface area contributed by atoms with Crippen molar-refractivity contribution in [3.05, 3.63) is 59.2 Å². The average molecular weight is 358 g/mol. The maximum absolute atomic E-state index is 12.4. The first-order valence-electron chi connectivity index (χ1n) is 7.98. The average Bonchev–Trinajstić information content (AvgIpc) is 2.65. The lowest BCUT2D eigenvalue weighted by atomic mass is 10.1. The molecule has 0 saturated carbocycles. The Bertz CT molecular complexity index is 776. The first-order chi connectivity index (χ1) is 12.5. The van der Waals surface area contributed by atoms with E-state index in [0.29, 0.717) is 30.2 Å². The molecule has 0 bridgehead atoms. The van der Waals surface area contributed by atoms with Gasteiger partial charge in [0.25, 0.3) is 11.8 Å². The van der Waals surface area contributed by atoms with Gasteiger partial charge in [-0.2, -0.15) is 0 Å². The van der Waals surface area contributed by atoms with E-state index in [9.17, 15) is 9.59 Å². The Balaban J connectivity index is 2.06. The number of ether oxygens (including phenoxy) is 3. The zero-order valence-electron chi connectivity index (χ0n) is 14.8. The van der Waals surface area contributed by atoms with Gasteiger partial charge in [0.1, 0.15) is 0 Å².